The first-order valence-corrected chi connectivity index (χ1v) is 10.1. The number of esters is 2. The molecule has 2 rings (SSSR count). The molecule has 0 N–H and O–H groups in total. The second-order valence-electron chi connectivity index (χ2n) is 6.66. The summed E-state index contributed by atoms with van der Waals surface area (Å²) in [4.78, 5) is 38.3. The molecule has 0 spiro atoms. The summed E-state index contributed by atoms with van der Waals surface area (Å²) < 4.78 is 58.0. The van der Waals surface area contributed by atoms with E-state index in [1.54, 1.807) is 0 Å². The van der Waals surface area contributed by atoms with Gasteiger partial charge in [0.1, 0.15) is 17.2 Å². The van der Waals surface area contributed by atoms with Gasteiger partial charge in [-0.15, -0.1) is 0 Å². The lowest BCUT2D eigenvalue weighted by molar-refractivity contribution is -0.385. The van der Waals surface area contributed by atoms with Crippen LogP contribution in [0.4, 0.5) is 18.9 Å². The zero-order chi connectivity index (χ0) is 26.9. The number of carbonyl (C=O) groups is 2. The molecular formula is C21H18ClF3N2O9. The third kappa shape index (κ3) is 8.09. The molecule has 2 aromatic rings. The van der Waals surface area contributed by atoms with Gasteiger partial charge in [-0.25, -0.2) is 9.59 Å². The van der Waals surface area contributed by atoms with E-state index in [0.29, 0.717) is 6.07 Å². The number of oxime groups is 1. The Kier molecular flexibility index (Phi) is 9.99. The minimum Gasteiger partial charge on any atom is -0.466 e. The summed E-state index contributed by atoms with van der Waals surface area (Å²) in [6.45, 7) is -1.69. The van der Waals surface area contributed by atoms with E-state index in [0.717, 1.165) is 25.3 Å². The number of rotatable bonds is 11. The average molecular weight is 535 g/mol. The van der Waals surface area contributed by atoms with E-state index in [2.05, 4.69) is 14.6 Å². The van der Waals surface area contributed by atoms with Gasteiger partial charge in [0.15, 0.2) is 6.61 Å². The molecular weight excluding hydrogens is 517 g/mol. The second-order valence-corrected chi connectivity index (χ2v) is 7.07. The lowest BCUT2D eigenvalue weighted by atomic mass is 10.1. The molecule has 0 radical (unpaired) electrons. The van der Waals surface area contributed by atoms with Crippen molar-refractivity contribution in [3.05, 3.63) is 62.7 Å². The molecule has 0 saturated carbocycles. The lowest BCUT2D eigenvalue weighted by Gasteiger charge is -2.13. The molecule has 2 aromatic carbocycles. The topological polar surface area (TPSA) is 136 Å². The van der Waals surface area contributed by atoms with Crippen LogP contribution >= 0.6 is 11.6 Å². The molecule has 15 heteroatoms. The first kappa shape index (κ1) is 28.3. The molecule has 36 heavy (non-hydrogen) atoms. The number of halogens is 4. The van der Waals surface area contributed by atoms with Crippen LogP contribution in [-0.2, 0) is 34.8 Å². The van der Waals surface area contributed by atoms with Crippen molar-refractivity contribution in [3.8, 4) is 11.5 Å². The molecule has 0 unspecified atom stereocenters. The zero-order valence-electron chi connectivity index (χ0n) is 18.7. The van der Waals surface area contributed by atoms with Crippen LogP contribution in [0.2, 0.25) is 5.02 Å². The number of alkyl halides is 3. The van der Waals surface area contributed by atoms with Crippen molar-refractivity contribution >= 4 is 34.9 Å². The van der Waals surface area contributed by atoms with Crippen molar-refractivity contribution in [2.75, 3.05) is 34.0 Å². The van der Waals surface area contributed by atoms with Crippen molar-refractivity contribution < 1.29 is 51.5 Å². The number of ether oxygens (including phenoxy) is 4. The SMILES string of the molecule is COCC(=NOCC(=O)OCC(=O)OC)c1cc(Oc2ccc(C(F)(F)F)cc2Cl)ccc1[N+](=O)[O-]. The standard InChI is InChI=1S/C21H18ClF3N2O9/c1-32-9-16(26-35-11-20(29)34-10-19(28)33-2)14-8-13(4-5-17(14)27(30)31)36-18-6-3-12(7-15(18)22)21(23,24)25/h3-8H,9-11H2,1-2H3. The van der Waals surface area contributed by atoms with Gasteiger partial charge in [-0.2, -0.15) is 13.2 Å². The summed E-state index contributed by atoms with van der Waals surface area (Å²) in [6, 6.07) is 5.87. The highest BCUT2D eigenvalue weighted by Crippen LogP contribution is 2.37. The molecule has 0 aliphatic rings. The van der Waals surface area contributed by atoms with Gasteiger partial charge in [-0.3, -0.25) is 10.1 Å². The minimum atomic E-state index is -4.61. The van der Waals surface area contributed by atoms with Gasteiger partial charge >= 0.3 is 18.1 Å². The number of carbonyl (C=O) groups excluding carboxylic acids is 2. The van der Waals surface area contributed by atoms with Gasteiger partial charge in [0.2, 0.25) is 6.61 Å². The van der Waals surface area contributed by atoms with Crippen molar-refractivity contribution in [1.29, 1.82) is 0 Å². The van der Waals surface area contributed by atoms with Crippen LogP contribution in [0.15, 0.2) is 41.6 Å². The van der Waals surface area contributed by atoms with E-state index in [1.165, 1.54) is 19.2 Å². The van der Waals surface area contributed by atoms with Crippen LogP contribution < -0.4 is 4.74 Å². The van der Waals surface area contributed by atoms with E-state index in [4.69, 9.17) is 25.9 Å². The first-order valence-electron chi connectivity index (χ1n) is 9.69. The molecule has 0 bridgehead atoms. The summed E-state index contributed by atoms with van der Waals surface area (Å²) in [5, 5.41) is 14.9. The Balaban J connectivity index is 2.30. The van der Waals surface area contributed by atoms with Crippen LogP contribution in [0, 0.1) is 10.1 Å². The highest BCUT2D eigenvalue weighted by atomic mass is 35.5. The fourth-order valence-electron chi connectivity index (χ4n) is 2.55. The predicted molar refractivity (Wildman–Crippen MR) is 117 cm³/mol. The summed E-state index contributed by atoms with van der Waals surface area (Å²) >= 11 is 5.90. The second kappa shape index (κ2) is 12.7. The van der Waals surface area contributed by atoms with Gasteiger partial charge in [0.05, 0.1) is 34.8 Å². The van der Waals surface area contributed by atoms with E-state index >= 15 is 0 Å². The van der Waals surface area contributed by atoms with Gasteiger partial charge in [0.25, 0.3) is 5.69 Å². The largest absolute Gasteiger partial charge is 0.466 e. The number of hydrogen-bond acceptors (Lipinski definition) is 10. The van der Waals surface area contributed by atoms with Gasteiger partial charge < -0.3 is 23.8 Å². The smallest absolute Gasteiger partial charge is 0.416 e. The van der Waals surface area contributed by atoms with Gasteiger partial charge in [0, 0.05) is 13.2 Å². The molecule has 0 fully saturated rings. The lowest BCUT2D eigenvalue weighted by Crippen LogP contribution is -2.19. The molecule has 0 amide bonds. The summed E-state index contributed by atoms with van der Waals surface area (Å²) in [7, 11) is 2.37. The fourth-order valence-corrected chi connectivity index (χ4v) is 2.77. The third-order valence-electron chi connectivity index (χ3n) is 4.18. The highest BCUT2D eigenvalue weighted by Gasteiger charge is 2.31. The molecule has 11 nitrogen and oxygen atoms in total. The maximum absolute atomic E-state index is 12.9. The predicted octanol–water partition coefficient (Wildman–Crippen LogP) is 4.14. The molecule has 194 valence electrons. The van der Waals surface area contributed by atoms with Gasteiger partial charge in [-0.05, 0) is 30.3 Å². The molecule has 0 saturated heterocycles. The summed E-state index contributed by atoms with van der Waals surface area (Å²) in [5.74, 6) is -1.94. The summed E-state index contributed by atoms with van der Waals surface area (Å²) in [6.07, 6.45) is -4.61. The van der Waals surface area contributed by atoms with Crippen molar-refractivity contribution in [2.24, 2.45) is 5.16 Å². The maximum atomic E-state index is 12.9. The maximum Gasteiger partial charge on any atom is 0.416 e. The van der Waals surface area contributed by atoms with Crippen LogP contribution in [0.1, 0.15) is 11.1 Å². The zero-order valence-corrected chi connectivity index (χ0v) is 19.4. The molecule has 0 aliphatic carbocycles. The van der Waals surface area contributed by atoms with Gasteiger partial charge in [-0.1, -0.05) is 16.8 Å². The first-order chi connectivity index (χ1) is 17.0. The highest BCUT2D eigenvalue weighted by molar-refractivity contribution is 6.32. The third-order valence-corrected chi connectivity index (χ3v) is 4.47. The molecule has 0 aliphatic heterocycles. The Morgan fingerprint density at radius 1 is 1.06 bits per heavy atom. The fraction of sp³-hybridized carbons (Fsp3) is 0.286. The summed E-state index contributed by atoms with van der Waals surface area (Å²) in [5.41, 5.74) is -1.69. The molecule has 0 heterocycles. The number of benzene rings is 2. The van der Waals surface area contributed by atoms with E-state index in [-0.39, 0.29) is 34.4 Å². The van der Waals surface area contributed by atoms with Crippen LogP contribution in [0.3, 0.4) is 0 Å². The van der Waals surface area contributed by atoms with Crippen molar-refractivity contribution in [1.82, 2.24) is 0 Å². The Hall–Kier alpha value is -3.91. The normalized spacial score (nSPS) is 11.6. The van der Waals surface area contributed by atoms with Crippen LogP contribution in [0.25, 0.3) is 0 Å². The quantitative estimate of drug-likeness (QED) is 0.180. The minimum absolute atomic E-state index is 0.0291. The van der Waals surface area contributed by atoms with E-state index in [1.807, 2.05) is 0 Å². The number of methoxy groups -OCH3 is 2. The number of hydrogen-bond donors (Lipinski definition) is 0. The van der Waals surface area contributed by atoms with Crippen molar-refractivity contribution in [2.45, 2.75) is 6.18 Å². The molecule has 0 atom stereocenters. The number of nitrogens with zero attached hydrogens (tertiary/aromatic N) is 2. The van der Waals surface area contributed by atoms with Crippen LogP contribution in [0.5, 0.6) is 11.5 Å². The monoisotopic (exact) mass is 534 g/mol. The number of nitro benzene ring substituents is 1. The Bertz CT molecular complexity index is 1160. The Morgan fingerprint density at radius 2 is 1.78 bits per heavy atom. The molecule has 0 aromatic heterocycles. The average Bonchev–Trinajstić information content (AvgIpc) is 2.82. The Labute approximate surface area is 206 Å². The van der Waals surface area contributed by atoms with Crippen LogP contribution in [-0.4, -0.2) is 56.6 Å². The Morgan fingerprint density at radius 3 is 2.36 bits per heavy atom. The number of nitro groups is 1. The van der Waals surface area contributed by atoms with E-state index in [9.17, 15) is 32.9 Å². The van der Waals surface area contributed by atoms with Crippen molar-refractivity contribution in [3.63, 3.8) is 0 Å². The van der Waals surface area contributed by atoms with E-state index < -0.39 is 47.5 Å².